The number of nitrogens with one attached hydrogen (secondary N) is 1. The van der Waals surface area contributed by atoms with Crippen LogP contribution in [-0.2, 0) is 4.79 Å². The zero-order valence-corrected chi connectivity index (χ0v) is 11.0. The van der Waals surface area contributed by atoms with Gasteiger partial charge in [0.05, 0.1) is 0 Å². The van der Waals surface area contributed by atoms with Crippen molar-refractivity contribution >= 4 is 23.2 Å². The molecule has 0 spiro atoms. The molecule has 1 heterocycles. The number of halogens is 1. The van der Waals surface area contributed by atoms with Crippen LogP contribution in [0.1, 0.15) is 25.7 Å². The van der Waals surface area contributed by atoms with Crippen molar-refractivity contribution in [2.24, 2.45) is 17.6 Å². The van der Waals surface area contributed by atoms with Gasteiger partial charge in [-0.2, -0.15) is 0 Å². The molecule has 4 nitrogen and oxygen atoms in total. The average molecular weight is 268 g/mol. The van der Waals surface area contributed by atoms with E-state index in [1.54, 1.807) is 18.3 Å². The van der Waals surface area contributed by atoms with Crippen molar-refractivity contribution in [1.82, 2.24) is 4.98 Å². The Kier molecular flexibility index (Phi) is 4.55. The minimum absolute atomic E-state index is 0.0238. The summed E-state index contributed by atoms with van der Waals surface area (Å²) >= 11 is 5.79. The topological polar surface area (TPSA) is 68.0 Å². The van der Waals surface area contributed by atoms with Gasteiger partial charge in [-0.3, -0.25) is 4.79 Å². The fourth-order valence-corrected chi connectivity index (χ4v) is 2.72. The number of carbonyl (C=O) groups excluding carboxylic acids is 1. The summed E-state index contributed by atoms with van der Waals surface area (Å²) in [5.74, 6) is 0.374. The Hall–Kier alpha value is -1.13. The average Bonchev–Trinajstić information content (AvgIpc) is 2.38. The van der Waals surface area contributed by atoms with Crippen LogP contribution in [0, 0.1) is 11.8 Å². The van der Waals surface area contributed by atoms with Gasteiger partial charge in [0.25, 0.3) is 0 Å². The number of anilines is 1. The van der Waals surface area contributed by atoms with Crippen molar-refractivity contribution in [3.05, 3.63) is 23.5 Å². The second kappa shape index (κ2) is 6.16. The molecule has 0 radical (unpaired) electrons. The Morgan fingerprint density at radius 1 is 1.50 bits per heavy atom. The molecule has 1 fully saturated rings. The molecule has 1 aliphatic rings. The maximum absolute atomic E-state index is 12.2. The molecule has 2 rings (SSSR count). The van der Waals surface area contributed by atoms with Crippen molar-refractivity contribution in [1.29, 1.82) is 0 Å². The molecule has 1 saturated carbocycles. The van der Waals surface area contributed by atoms with E-state index in [4.69, 9.17) is 17.3 Å². The Morgan fingerprint density at radius 2 is 2.28 bits per heavy atom. The highest BCUT2D eigenvalue weighted by Gasteiger charge is 2.29. The molecule has 0 saturated heterocycles. The molecule has 0 bridgehead atoms. The van der Waals surface area contributed by atoms with Crippen molar-refractivity contribution < 1.29 is 4.79 Å². The first-order valence-electron chi connectivity index (χ1n) is 6.33. The molecule has 18 heavy (non-hydrogen) atoms. The van der Waals surface area contributed by atoms with E-state index in [-0.39, 0.29) is 11.8 Å². The van der Waals surface area contributed by atoms with E-state index in [2.05, 4.69) is 10.3 Å². The van der Waals surface area contributed by atoms with Crippen LogP contribution in [0.25, 0.3) is 0 Å². The van der Waals surface area contributed by atoms with E-state index in [9.17, 15) is 4.79 Å². The minimum Gasteiger partial charge on any atom is -0.330 e. The molecular formula is C13H18ClN3O. The van der Waals surface area contributed by atoms with Gasteiger partial charge in [0.15, 0.2) is 0 Å². The number of amides is 1. The summed E-state index contributed by atoms with van der Waals surface area (Å²) in [6.45, 7) is 0.579. The van der Waals surface area contributed by atoms with Gasteiger partial charge in [-0.15, -0.1) is 0 Å². The lowest BCUT2D eigenvalue weighted by Gasteiger charge is -2.29. The fraction of sp³-hybridized carbons (Fsp3) is 0.538. The van der Waals surface area contributed by atoms with E-state index in [1.165, 1.54) is 6.42 Å². The maximum Gasteiger partial charge on any atom is 0.227 e. The highest BCUT2D eigenvalue weighted by Crippen LogP contribution is 2.30. The second-order valence-corrected chi connectivity index (χ2v) is 5.13. The van der Waals surface area contributed by atoms with Gasteiger partial charge < -0.3 is 11.1 Å². The Morgan fingerprint density at radius 3 is 3.00 bits per heavy atom. The number of carbonyl (C=O) groups is 1. The van der Waals surface area contributed by atoms with Crippen molar-refractivity contribution in [3.8, 4) is 0 Å². The quantitative estimate of drug-likeness (QED) is 0.827. The number of aromatic nitrogens is 1. The molecule has 1 amide bonds. The Bertz CT molecular complexity index is 424. The number of hydrogen-bond acceptors (Lipinski definition) is 3. The SMILES string of the molecule is NCC1CCCCC1C(=O)Nc1ccnc(Cl)c1. The van der Waals surface area contributed by atoms with Gasteiger partial charge in [-0.05, 0) is 37.4 Å². The van der Waals surface area contributed by atoms with Crippen LogP contribution in [0.3, 0.4) is 0 Å². The Balaban J connectivity index is 2.02. The molecule has 1 aliphatic carbocycles. The van der Waals surface area contributed by atoms with E-state index < -0.39 is 0 Å². The molecular weight excluding hydrogens is 250 g/mol. The summed E-state index contributed by atoms with van der Waals surface area (Å²) in [6, 6.07) is 3.39. The molecule has 0 aliphatic heterocycles. The fourth-order valence-electron chi connectivity index (χ4n) is 2.55. The number of rotatable bonds is 3. The molecule has 2 unspecified atom stereocenters. The zero-order valence-electron chi connectivity index (χ0n) is 10.2. The maximum atomic E-state index is 12.2. The van der Waals surface area contributed by atoms with Gasteiger partial charge >= 0.3 is 0 Å². The smallest absolute Gasteiger partial charge is 0.227 e. The van der Waals surface area contributed by atoms with Crippen LogP contribution in [0.15, 0.2) is 18.3 Å². The first-order valence-corrected chi connectivity index (χ1v) is 6.71. The van der Waals surface area contributed by atoms with E-state index in [0.717, 1.165) is 19.3 Å². The summed E-state index contributed by atoms with van der Waals surface area (Å²) in [4.78, 5) is 16.1. The van der Waals surface area contributed by atoms with E-state index >= 15 is 0 Å². The van der Waals surface area contributed by atoms with Gasteiger partial charge in [-0.1, -0.05) is 24.4 Å². The van der Waals surface area contributed by atoms with Crippen LogP contribution < -0.4 is 11.1 Å². The van der Waals surface area contributed by atoms with Gasteiger partial charge in [-0.25, -0.2) is 4.98 Å². The lowest BCUT2D eigenvalue weighted by molar-refractivity contribution is -0.122. The molecule has 0 aromatic carbocycles. The molecule has 1 aromatic rings. The third-order valence-corrected chi connectivity index (χ3v) is 3.75. The monoisotopic (exact) mass is 267 g/mol. The minimum atomic E-state index is 0.0238. The summed E-state index contributed by atoms with van der Waals surface area (Å²) in [5, 5.41) is 3.28. The van der Waals surface area contributed by atoms with Crippen molar-refractivity contribution in [3.63, 3.8) is 0 Å². The Labute approximate surface area is 112 Å². The standard InChI is InChI=1S/C13H18ClN3O/c14-12-7-10(5-6-16-12)17-13(18)11-4-2-1-3-9(11)8-15/h5-7,9,11H,1-4,8,15H2,(H,16,17,18). The normalized spacial score (nSPS) is 23.7. The van der Waals surface area contributed by atoms with Crippen LogP contribution >= 0.6 is 11.6 Å². The predicted molar refractivity (Wildman–Crippen MR) is 72.4 cm³/mol. The molecule has 3 N–H and O–H groups in total. The summed E-state index contributed by atoms with van der Waals surface area (Å²) < 4.78 is 0. The molecule has 5 heteroatoms. The summed E-state index contributed by atoms with van der Waals surface area (Å²) in [7, 11) is 0. The predicted octanol–water partition coefficient (Wildman–Crippen LogP) is 2.44. The lowest BCUT2D eigenvalue weighted by Crippen LogP contribution is -2.35. The largest absolute Gasteiger partial charge is 0.330 e. The summed E-state index contributed by atoms with van der Waals surface area (Å²) in [5.41, 5.74) is 6.43. The van der Waals surface area contributed by atoms with Crippen LogP contribution in [0.4, 0.5) is 5.69 Å². The van der Waals surface area contributed by atoms with Gasteiger partial charge in [0.1, 0.15) is 5.15 Å². The second-order valence-electron chi connectivity index (χ2n) is 4.74. The molecule has 2 atom stereocenters. The highest BCUT2D eigenvalue weighted by molar-refractivity contribution is 6.29. The molecule has 98 valence electrons. The van der Waals surface area contributed by atoms with E-state index in [0.29, 0.717) is 23.3 Å². The lowest BCUT2D eigenvalue weighted by atomic mass is 9.79. The van der Waals surface area contributed by atoms with Gasteiger partial charge in [0, 0.05) is 17.8 Å². The number of pyridine rings is 1. The van der Waals surface area contributed by atoms with Crippen LogP contribution in [0.5, 0.6) is 0 Å². The van der Waals surface area contributed by atoms with Crippen LogP contribution in [0.2, 0.25) is 5.15 Å². The van der Waals surface area contributed by atoms with E-state index in [1.807, 2.05) is 0 Å². The first-order chi connectivity index (χ1) is 8.70. The number of nitrogens with zero attached hydrogens (tertiary/aromatic N) is 1. The third-order valence-electron chi connectivity index (χ3n) is 3.54. The molecule has 1 aromatic heterocycles. The third kappa shape index (κ3) is 3.21. The zero-order chi connectivity index (χ0) is 13.0. The first kappa shape index (κ1) is 13.3. The summed E-state index contributed by atoms with van der Waals surface area (Å²) in [6.07, 6.45) is 5.83. The van der Waals surface area contributed by atoms with Crippen molar-refractivity contribution in [2.75, 3.05) is 11.9 Å². The van der Waals surface area contributed by atoms with Gasteiger partial charge in [0.2, 0.25) is 5.91 Å². The number of hydrogen-bond donors (Lipinski definition) is 2. The van der Waals surface area contributed by atoms with Crippen molar-refractivity contribution in [2.45, 2.75) is 25.7 Å². The highest BCUT2D eigenvalue weighted by atomic mass is 35.5. The van der Waals surface area contributed by atoms with Crippen LogP contribution in [-0.4, -0.2) is 17.4 Å². The number of nitrogens with two attached hydrogens (primary N) is 1.